The molecule has 3 amide bonds. The summed E-state index contributed by atoms with van der Waals surface area (Å²) in [5.74, 6) is 0.164. The van der Waals surface area contributed by atoms with Crippen LogP contribution in [0.15, 0.2) is 60.7 Å². The van der Waals surface area contributed by atoms with Gasteiger partial charge in [-0.1, -0.05) is 54.6 Å². The van der Waals surface area contributed by atoms with Crippen LogP contribution in [0.4, 0.5) is 10.6 Å². The molecule has 2 aromatic carbocycles. The smallest absolute Gasteiger partial charge is 0.409 e. The Morgan fingerprint density at radius 3 is 2.17 bits per heavy atom. The zero-order valence-corrected chi connectivity index (χ0v) is 31.1. The fraction of sp³-hybridized carbons (Fsp3) is 0.486. The Labute approximate surface area is 306 Å². The van der Waals surface area contributed by atoms with Crippen molar-refractivity contribution in [2.45, 2.75) is 51.3 Å². The molecule has 2 atom stereocenters. The molecule has 2 aliphatic rings. The van der Waals surface area contributed by atoms with Gasteiger partial charge in [-0.2, -0.15) is 0 Å². The van der Waals surface area contributed by atoms with Crippen molar-refractivity contribution in [1.82, 2.24) is 25.1 Å². The number of aromatic nitrogens is 2. The van der Waals surface area contributed by atoms with Gasteiger partial charge in [-0.25, -0.2) is 14.8 Å². The number of hydrogen-bond acceptors (Lipinski definition) is 11. The third kappa shape index (κ3) is 9.29. The first-order valence-electron chi connectivity index (χ1n) is 17.7. The van der Waals surface area contributed by atoms with E-state index in [9.17, 15) is 18.9 Å². The van der Waals surface area contributed by atoms with E-state index in [4.69, 9.17) is 23.9 Å². The third-order valence-corrected chi connectivity index (χ3v) is 9.82. The predicted octanol–water partition coefficient (Wildman–Crippen LogP) is 4.49. The number of hydrogen-bond donors (Lipinski definition) is 1. The zero-order chi connectivity index (χ0) is 37.1. The average molecular weight is 735 g/mol. The molecule has 0 unspecified atom stereocenters. The van der Waals surface area contributed by atoms with Crippen molar-refractivity contribution in [2.24, 2.45) is 0 Å². The highest BCUT2D eigenvalue weighted by Gasteiger charge is 2.36. The molecule has 52 heavy (non-hydrogen) atoms. The van der Waals surface area contributed by atoms with Crippen LogP contribution in [-0.2, 0) is 40.3 Å². The van der Waals surface area contributed by atoms with Crippen molar-refractivity contribution in [3.8, 4) is 11.4 Å². The highest BCUT2D eigenvalue weighted by Crippen LogP contribution is 2.38. The van der Waals surface area contributed by atoms with Crippen molar-refractivity contribution >= 4 is 32.2 Å². The summed E-state index contributed by atoms with van der Waals surface area (Å²) < 4.78 is 34.5. The normalized spacial score (nSPS) is 16.9. The number of anilines is 1. The number of benzene rings is 2. The molecule has 1 N–H and O–H groups in total. The molecule has 2 fully saturated rings. The summed E-state index contributed by atoms with van der Waals surface area (Å²) in [6, 6.07) is 17.2. The fourth-order valence-corrected chi connectivity index (χ4v) is 6.94. The number of methoxy groups -OCH3 is 1. The Morgan fingerprint density at radius 1 is 0.904 bits per heavy atom. The molecule has 0 radical (unpaired) electrons. The van der Waals surface area contributed by atoms with E-state index in [1.165, 1.54) is 0 Å². The Bertz CT molecular complexity index is 1670. The molecule has 5 rings (SSSR count). The van der Waals surface area contributed by atoms with Gasteiger partial charge in [-0.05, 0) is 32.8 Å². The first-order valence-corrected chi connectivity index (χ1v) is 18.5. The summed E-state index contributed by atoms with van der Waals surface area (Å²) in [6.45, 7) is 8.66. The number of amides is 3. The maximum absolute atomic E-state index is 14.2. The minimum Gasteiger partial charge on any atom is -0.450 e. The van der Waals surface area contributed by atoms with Gasteiger partial charge in [0.25, 0.3) is 11.4 Å². The van der Waals surface area contributed by atoms with Gasteiger partial charge < -0.3 is 39.0 Å². The lowest BCUT2D eigenvalue weighted by atomic mass is 10.0. The second-order valence-corrected chi connectivity index (χ2v) is 13.1. The lowest BCUT2D eigenvalue weighted by Crippen LogP contribution is -2.56. The van der Waals surface area contributed by atoms with E-state index in [-0.39, 0.29) is 65.5 Å². The minimum absolute atomic E-state index is 0.0468. The van der Waals surface area contributed by atoms with Crippen molar-refractivity contribution in [1.29, 1.82) is 0 Å². The van der Waals surface area contributed by atoms with Crippen molar-refractivity contribution in [3.05, 3.63) is 77.5 Å². The van der Waals surface area contributed by atoms with Crippen molar-refractivity contribution < 1.29 is 37.9 Å². The summed E-state index contributed by atoms with van der Waals surface area (Å²) in [4.78, 5) is 55.4. The van der Waals surface area contributed by atoms with Crippen molar-refractivity contribution in [2.75, 3.05) is 71.1 Å². The molecule has 3 heterocycles. The Morgan fingerprint density at radius 2 is 1.58 bits per heavy atom. The van der Waals surface area contributed by atoms with Crippen LogP contribution in [0, 0.1) is 0 Å². The quantitative estimate of drug-likeness (QED) is 0.174. The second-order valence-electron chi connectivity index (χ2n) is 12.4. The minimum atomic E-state index is -1.45. The monoisotopic (exact) mass is 734 g/mol. The molecule has 0 spiro atoms. The first kappa shape index (κ1) is 38.7. The number of nitrogens with zero attached hydrogens (tertiary/aromatic N) is 5. The zero-order valence-electron chi connectivity index (χ0n) is 30.2. The lowest BCUT2D eigenvalue weighted by Gasteiger charge is -2.36. The van der Waals surface area contributed by atoms with Crippen molar-refractivity contribution in [3.63, 3.8) is 0 Å². The Balaban J connectivity index is 1.43. The standard InChI is InChI=1S/C37H47N6O8P/c1-5-49-36(46)42-21-19-41(20-22-42)35(45)31(23-26-13-15-28(16-14-26)37(52-47,50-6-2)51-7-3)39-34(44)30-24-32(43-18-17-29(25-43)48-4)40-33(38-30)27-11-9-8-10-12-27/h8-16,24,29,31H,5-7,17-23,25H2,1-4H3,(H,39,44)/t29-,31-/m0/s1. The van der Waals surface area contributed by atoms with Gasteiger partial charge in [0.05, 0.1) is 12.7 Å². The van der Waals surface area contributed by atoms with Crippen LogP contribution >= 0.6 is 8.46 Å². The van der Waals surface area contributed by atoms with E-state index in [1.807, 2.05) is 30.3 Å². The van der Waals surface area contributed by atoms with Gasteiger partial charge in [0.1, 0.15) is 17.6 Å². The number of nitrogens with one attached hydrogen (secondary N) is 1. The predicted molar refractivity (Wildman–Crippen MR) is 194 cm³/mol. The molecule has 0 aliphatic carbocycles. The molecule has 0 saturated carbocycles. The van der Waals surface area contributed by atoms with Crippen LogP contribution in [-0.4, -0.2) is 116 Å². The highest BCUT2D eigenvalue weighted by atomic mass is 31.1. The summed E-state index contributed by atoms with van der Waals surface area (Å²) in [5.41, 5.74) is 0.716. The molecule has 2 saturated heterocycles. The van der Waals surface area contributed by atoms with E-state index < -0.39 is 23.6 Å². The summed E-state index contributed by atoms with van der Waals surface area (Å²) in [7, 11) is 1.34. The maximum atomic E-state index is 14.2. The molecular weight excluding hydrogens is 687 g/mol. The van der Waals surface area contributed by atoms with Crippen LogP contribution in [0.25, 0.3) is 11.4 Å². The third-order valence-electron chi connectivity index (χ3n) is 9.06. The Hall–Kier alpha value is -4.49. The highest BCUT2D eigenvalue weighted by molar-refractivity contribution is 7.24. The molecule has 2 aliphatic heterocycles. The van der Waals surface area contributed by atoms with Gasteiger partial charge in [-0.3, -0.25) is 14.2 Å². The maximum Gasteiger partial charge on any atom is 0.409 e. The van der Waals surface area contributed by atoms with Crippen LogP contribution in [0.3, 0.4) is 0 Å². The van der Waals surface area contributed by atoms with E-state index in [0.29, 0.717) is 43.4 Å². The summed E-state index contributed by atoms with van der Waals surface area (Å²) in [5, 5.41) is 2.98. The van der Waals surface area contributed by atoms with Gasteiger partial charge in [-0.15, -0.1) is 0 Å². The molecule has 15 heteroatoms. The van der Waals surface area contributed by atoms with Crippen LogP contribution < -0.4 is 10.2 Å². The summed E-state index contributed by atoms with van der Waals surface area (Å²) >= 11 is 0. The van der Waals surface area contributed by atoms with E-state index >= 15 is 0 Å². The van der Waals surface area contributed by atoms with E-state index in [0.717, 1.165) is 17.5 Å². The number of ether oxygens (including phenoxy) is 4. The first-order chi connectivity index (χ1) is 25.2. The summed E-state index contributed by atoms with van der Waals surface area (Å²) in [6.07, 6.45) is 0.604. The SMILES string of the molecule is CCOC(=O)N1CCN(C(=O)[C@H](Cc2ccc(C(OCC)(OCC)P=O)cc2)NC(=O)c2cc(N3CC[C@H](OC)C3)nc(-c3ccccc3)n2)CC1. The Kier molecular flexibility index (Phi) is 13.6. The van der Waals surface area contributed by atoms with Gasteiger partial charge >= 0.3 is 6.09 Å². The molecule has 1 aromatic heterocycles. The molecule has 3 aromatic rings. The number of piperazine rings is 1. The van der Waals surface area contributed by atoms with Gasteiger partial charge in [0, 0.05) is 83.2 Å². The van der Waals surface area contributed by atoms with Crippen LogP contribution in [0.2, 0.25) is 0 Å². The molecular formula is C37H47N6O8P. The molecule has 0 bridgehead atoms. The lowest BCUT2D eigenvalue weighted by molar-refractivity contribution is -0.176. The van der Waals surface area contributed by atoms with Crippen LogP contribution in [0.5, 0.6) is 0 Å². The number of carbonyl (C=O) groups is 3. The topological polar surface area (TPSA) is 153 Å². The molecule has 14 nitrogen and oxygen atoms in total. The number of rotatable bonds is 15. The fourth-order valence-electron chi connectivity index (χ4n) is 6.33. The van der Waals surface area contributed by atoms with Gasteiger partial charge in [0.2, 0.25) is 14.4 Å². The van der Waals surface area contributed by atoms with Gasteiger partial charge in [0.15, 0.2) is 5.82 Å². The van der Waals surface area contributed by atoms with Crippen LogP contribution in [0.1, 0.15) is 48.8 Å². The second kappa shape index (κ2) is 18.3. The van der Waals surface area contributed by atoms with E-state index in [2.05, 4.69) is 15.2 Å². The molecule has 278 valence electrons. The van der Waals surface area contributed by atoms with E-state index in [1.54, 1.807) is 68.0 Å². The average Bonchev–Trinajstić information content (AvgIpc) is 3.67. The number of carbonyl (C=O) groups excluding carboxylic acids is 3. The largest absolute Gasteiger partial charge is 0.450 e.